The maximum Gasteiger partial charge on any atom is 0.242 e. The molecular formula is C12H19BrN2O3S. The summed E-state index contributed by atoms with van der Waals surface area (Å²) in [5, 5.41) is 8.68. The van der Waals surface area contributed by atoms with Gasteiger partial charge in [0.05, 0.1) is 4.90 Å². The lowest BCUT2D eigenvalue weighted by Crippen LogP contribution is -2.28. The molecule has 3 N–H and O–H groups in total. The highest BCUT2D eigenvalue weighted by atomic mass is 79.9. The predicted octanol–water partition coefficient (Wildman–Crippen LogP) is 1.81. The van der Waals surface area contributed by atoms with Gasteiger partial charge in [-0.05, 0) is 53.4 Å². The molecule has 0 heterocycles. The van der Waals surface area contributed by atoms with Crippen molar-refractivity contribution in [3.8, 4) is 0 Å². The Morgan fingerprint density at radius 3 is 2.58 bits per heavy atom. The summed E-state index contributed by atoms with van der Waals surface area (Å²) in [6.07, 6.45) is 2.23. The van der Waals surface area contributed by atoms with Crippen LogP contribution >= 0.6 is 15.9 Å². The van der Waals surface area contributed by atoms with Gasteiger partial charge >= 0.3 is 0 Å². The van der Waals surface area contributed by atoms with Crippen LogP contribution in [0.25, 0.3) is 0 Å². The summed E-state index contributed by atoms with van der Waals surface area (Å²) in [5.74, 6) is 0. The van der Waals surface area contributed by atoms with Crippen molar-refractivity contribution in [1.29, 1.82) is 0 Å². The summed E-state index contributed by atoms with van der Waals surface area (Å²) in [5.41, 5.74) is 6.15. The highest BCUT2D eigenvalue weighted by Gasteiger charge is 2.20. The van der Waals surface area contributed by atoms with Crippen molar-refractivity contribution in [1.82, 2.24) is 4.31 Å². The number of aliphatic hydroxyl groups excluding tert-OH is 1. The number of sulfonamides is 1. The van der Waals surface area contributed by atoms with Gasteiger partial charge in [-0.1, -0.05) is 0 Å². The van der Waals surface area contributed by atoms with Gasteiger partial charge in [0.2, 0.25) is 10.0 Å². The summed E-state index contributed by atoms with van der Waals surface area (Å²) in [6.45, 7) is 0.575. The van der Waals surface area contributed by atoms with Gasteiger partial charge in [0, 0.05) is 30.4 Å². The molecular weight excluding hydrogens is 332 g/mol. The molecule has 7 heteroatoms. The number of hydrogen-bond acceptors (Lipinski definition) is 4. The zero-order chi connectivity index (χ0) is 14.5. The molecule has 0 aliphatic heterocycles. The third-order valence-corrected chi connectivity index (χ3v) is 5.35. The molecule has 0 saturated heterocycles. The fourth-order valence-electron chi connectivity index (χ4n) is 1.59. The molecule has 0 atom stereocenters. The van der Waals surface area contributed by atoms with Crippen molar-refractivity contribution in [3.63, 3.8) is 0 Å². The number of unbranched alkanes of at least 4 members (excludes halogenated alkanes) is 2. The van der Waals surface area contributed by atoms with Crippen LogP contribution in [0.2, 0.25) is 0 Å². The van der Waals surface area contributed by atoms with Crippen LogP contribution in [0.1, 0.15) is 19.3 Å². The second-order valence-corrected chi connectivity index (χ2v) is 7.19. The van der Waals surface area contributed by atoms with Gasteiger partial charge in [-0.3, -0.25) is 0 Å². The van der Waals surface area contributed by atoms with E-state index in [9.17, 15) is 8.42 Å². The first-order valence-corrected chi connectivity index (χ1v) is 8.25. The standard InChI is InChI=1S/C12H19BrN2O3S/c1-15(7-3-2-4-8-16)19(17,18)10-5-6-12(14)11(13)9-10/h5-6,9,16H,2-4,7-8,14H2,1H3. The number of hydrogen-bond donors (Lipinski definition) is 2. The monoisotopic (exact) mass is 350 g/mol. The lowest BCUT2D eigenvalue weighted by molar-refractivity contribution is 0.281. The molecule has 5 nitrogen and oxygen atoms in total. The van der Waals surface area contributed by atoms with Crippen molar-refractivity contribution in [3.05, 3.63) is 22.7 Å². The van der Waals surface area contributed by atoms with E-state index in [4.69, 9.17) is 10.8 Å². The van der Waals surface area contributed by atoms with Crippen molar-refractivity contribution in [2.75, 3.05) is 25.9 Å². The smallest absolute Gasteiger partial charge is 0.242 e. The molecule has 1 rings (SSSR count). The Hall–Kier alpha value is -0.630. The van der Waals surface area contributed by atoms with Crippen LogP contribution in [0.4, 0.5) is 5.69 Å². The highest BCUT2D eigenvalue weighted by Crippen LogP contribution is 2.24. The van der Waals surface area contributed by atoms with E-state index in [1.165, 1.54) is 16.4 Å². The third kappa shape index (κ3) is 4.45. The Labute approximate surface area is 122 Å². The average Bonchev–Trinajstić information content (AvgIpc) is 2.37. The van der Waals surface area contributed by atoms with Crippen molar-refractivity contribution in [2.45, 2.75) is 24.2 Å². The molecule has 0 aliphatic rings. The number of benzene rings is 1. The average molecular weight is 351 g/mol. The minimum absolute atomic E-state index is 0.140. The zero-order valence-electron chi connectivity index (χ0n) is 10.8. The van der Waals surface area contributed by atoms with Gasteiger partial charge in [0.1, 0.15) is 0 Å². The molecule has 0 bridgehead atoms. The molecule has 0 aromatic heterocycles. The van der Waals surface area contributed by atoms with Crippen molar-refractivity contribution < 1.29 is 13.5 Å². The fourth-order valence-corrected chi connectivity index (χ4v) is 3.36. The normalized spacial score (nSPS) is 12.0. The molecule has 0 radical (unpaired) electrons. The van der Waals surface area contributed by atoms with Crippen LogP contribution in [0.15, 0.2) is 27.6 Å². The van der Waals surface area contributed by atoms with E-state index < -0.39 is 10.0 Å². The first kappa shape index (κ1) is 16.4. The predicted molar refractivity (Wildman–Crippen MR) is 79.3 cm³/mol. The molecule has 0 fully saturated rings. The molecule has 0 aliphatic carbocycles. The third-order valence-electron chi connectivity index (χ3n) is 2.81. The Balaban J connectivity index is 2.76. The SMILES string of the molecule is CN(CCCCCO)S(=O)(=O)c1ccc(N)c(Br)c1. The Kier molecular flexibility index (Phi) is 6.25. The van der Waals surface area contributed by atoms with Crippen LogP contribution in [-0.4, -0.2) is 38.0 Å². The second-order valence-electron chi connectivity index (χ2n) is 4.29. The summed E-state index contributed by atoms with van der Waals surface area (Å²) in [4.78, 5) is 0.221. The van der Waals surface area contributed by atoms with Crippen LogP contribution in [0, 0.1) is 0 Å². The van der Waals surface area contributed by atoms with Gasteiger partial charge in [-0.2, -0.15) is 0 Å². The van der Waals surface area contributed by atoms with Gasteiger partial charge in [-0.15, -0.1) is 0 Å². The Bertz CT molecular complexity index is 520. The first-order chi connectivity index (χ1) is 8.89. The Morgan fingerprint density at radius 1 is 1.32 bits per heavy atom. The minimum atomic E-state index is -3.48. The van der Waals surface area contributed by atoms with Crippen molar-refractivity contribution in [2.24, 2.45) is 0 Å². The summed E-state index contributed by atoms with van der Waals surface area (Å²) < 4.78 is 26.4. The molecule has 19 heavy (non-hydrogen) atoms. The van der Waals surface area contributed by atoms with Crippen LogP contribution < -0.4 is 5.73 Å². The molecule has 0 amide bonds. The van der Waals surface area contributed by atoms with Crippen LogP contribution in [0.5, 0.6) is 0 Å². The number of rotatable bonds is 7. The number of nitrogens with zero attached hydrogens (tertiary/aromatic N) is 1. The molecule has 0 unspecified atom stereocenters. The van der Waals surface area contributed by atoms with E-state index in [1.807, 2.05) is 0 Å². The van der Waals surface area contributed by atoms with Gasteiger partial charge < -0.3 is 10.8 Å². The van der Waals surface area contributed by atoms with E-state index in [-0.39, 0.29) is 11.5 Å². The fraction of sp³-hybridized carbons (Fsp3) is 0.500. The zero-order valence-corrected chi connectivity index (χ0v) is 13.2. The van der Waals surface area contributed by atoms with E-state index in [1.54, 1.807) is 13.1 Å². The van der Waals surface area contributed by atoms with E-state index in [2.05, 4.69) is 15.9 Å². The summed E-state index contributed by atoms with van der Waals surface area (Å²) in [7, 11) is -1.93. The number of anilines is 1. The highest BCUT2D eigenvalue weighted by molar-refractivity contribution is 9.10. The topological polar surface area (TPSA) is 83.6 Å². The maximum absolute atomic E-state index is 12.3. The largest absolute Gasteiger partial charge is 0.398 e. The molecule has 1 aromatic rings. The first-order valence-electron chi connectivity index (χ1n) is 6.02. The van der Waals surface area contributed by atoms with E-state index in [0.29, 0.717) is 23.1 Å². The molecule has 108 valence electrons. The quantitative estimate of drug-likeness (QED) is 0.580. The maximum atomic E-state index is 12.3. The lowest BCUT2D eigenvalue weighted by atomic mass is 10.2. The number of nitrogens with two attached hydrogens (primary N) is 1. The van der Waals surface area contributed by atoms with Crippen LogP contribution in [0.3, 0.4) is 0 Å². The van der Waals surface area contributed by atoms with E-state index >= 15 is 0 Å². The molecule has 0 saturated carbocycles. The van der Waals surface area contributed by atoms with Crippen LogP contribution in [-0.2, 0) is 10.0 Å². The molecule has 1 aromatic carbocycles. The van der Waals surface area contributed by atoms with E-state index in [0.717, 1.165) is 12.8 Å². The number of nitrogen functional groups attached to an aromatic ring is 1. The number of aliphatic hydroxyl groups is 1. The van der Waals surface area contributed by atoms with Gasteiger partial charge in [0.25, 0.3) is 0 Å². The Morgan fingerprint density at radius 2 is 2.00 bits per heavy atom. The lowest BCUT2D eigenvalue weighted by Gasteiger charge is -2.17. The van der Waals surface area contributed by atoms with Gasteiger partial charge in [-0.25, -0.2) is 12.7 Å². The van der Waals surface area contributed by atoms with Gasteiger partial charge in [0.15, 0.2) is 0 Å². The van der Waals surface area contributed by atoms with Crippen molar-refractivity contribution >= 4 is 31.6 Å². The summed E-state index contributed by atoms with van der Waals surface area (Å²) >= 11 is 3.23. The second kappa shape index (κ2) is 7.23. The minimum Gasteiger partial charge on any atom is -0.398 e. The molecule has 0 spiro atoms. The summed E-state index contributed by atoms with van der Waals surface area (Å²) in [6, 6.07) is 4.57. The number of halogens is 1.